The fraction of sp³-hybridized carbons (Fsp3) is 0.0847. The quantitative estimate of drug-likeness (QED) is 0.174. The van der Waals surface area contributed by atoms with Gasteiger partial charge in [-0.3, -0.25) is 0 Å². The van der Waals surface area contributed by atoms with Crippen molar-refractivity contribution >= 4 is 46.2 Å². The number of rotatable bonds is 4. The van der Waals surface area contributed by atoms with E-state index in [2.05, 4.69) is 219 Å². The molecule has 8 aromatic rings. The van der Waals surface area contributed by atoms with Crippen LogP contribution in [0.3, 0.4) is 0 Å². The molecule has 0 N–H and O–H groups in total. The van der Waals surface area contributed by atoms with Crippen LogP contribution in [-0.2, 0) is 10.8 Å². The van der Waals surface area contributed by atoms with Crippen molar-refractivity contribution in [3.63, 3.8) is 0 Å². The lowest BCUT2D eigenvalue weighted by Gasteiger charge is -2.36. The highest BCUT2D eigenvalue weighted by Gasteiger charge is 2.46. The van der Waals surface area contributed by atoms with Gasteiger partial charge in [-0.1, -0.05) is 190 Å². The normalized spacial score (nSPS) is 18.1. The summed E-state index contributed by atoms with van der Waals surface area (Å²) in [6.07, 6.45) is 9.78. The summed E-state index contributed by atoms with van der Waals surface area (Å²) in [7, 11) is 0. The SMILES string of the molecule is C=C1/C=C\C=C/CC2(c3ccccc3-c3ccc(N(c4ccc(-c5ccccc5)cc4)c4ccc5c(c4)C(C)(C)c4ccccc4-5)cc32)c2ccc3c(c21)Sc1ccccc1S3. The van der Waals surface area contributed by atoms with Crippen LogP contribution in [0.2, 0.25) is 0 Å². The summed E-state index contributed by atoms with van der Waals surface area (Å²) in [5, 5.41) is 0. The molecule has 0 aromatic heterocycles. The number of hydrogen-bond acceptors (Lipinski definition) is 3. The molecule has 1 atom stereocenters. The Morgan fingerprint density at radius 2 is 1.05 bits per heavy atom. The lowest BCUT2D eigenvalue weighted by atomic mass is 9.68. The molecule has 1 nitrogen and oxygen atoms in total. The first-order chi connectivity index (χ1) is 30.4. The number of benzene rings is 8. The van der Waals surface area contributed by atoms with Crippen molar-refractivity contribution in [3.05, 3.63) is 240 Å². The zero-order chi connectivity index (χ0) is 41.6. The van der Waals surface area contributed by atoms with Gasteiger partial charge >= 0.3 is 0 Å². The Balaban J connectivity index is 1.09. The van der Waals surface area contributed by atoms with E-state index in [4.69, 9.17) is 6.58 Å². The van der Waals surface area contributed by atoms with Crippen LogP contribution >= 0.6 is 23.5 Å². The van der Waals surface area contributed by atoms with Gasteiger partial charge in [-0.05, 0) is 128 Å². The Morgan fingerprint density at radius 1 is 0.468 bits per heavy atom. The minimum atomic E-state index is -0.468. The number of allylic oxidation sites excluding steroid dienone is 5. The fourth-order valence-electron chi connectivity index (χ4n) is 10.7. The molecular formula is C59H43NS2. The molecule has 1 aliphatic heterocycles. The van der Waals surface area contributed by atoms with E-state index in [1.165, 1.54) is 86.3 Å². The summed E-state index contributed by atoms with van der Waals surface area (Å²) in [6, 6.07) is 65.8. The third-order valence-electron chi connectivity index (χ3n) is 13.6. The van der Waals surface area contributed by atoms with Gasteiger partial charge in [-0.25, -0.2) is 0 Å². The highest BCUT2D eigenvalue weighted by molar-refractivity contribution is 8.05. The topological polar surface area (TPSA) is 3.24 Å². The van der Waals surface area contributed by atoms with Crippen molar-refractivity contribution in [3.8, 4) is 33.4 Å². The highest BCUT2D eigenvalue weighted by Crippen LogP contribution is 2.60. The Morgan fingerprint density at radius 3 is 1.81 bits per heavy atom. The predicted molar refractivity (Wildman–Crippen MR) is 263 cm³/mol. The molecule has 0 fully saturated rings. The van der Waals surface area contributed by atoms with Crippen LogP contribution in [0.15, 0.2) is 226 Å². The van der Waals surface area contributed by atoms with Gasteiger partial charge in [0.2, 0.25) is 0 Å². The Bertz CT molecular complexity index is 3210. The van der Waals surface area contributed by atoms with Gasteiger partial charge in [0, 0.05) is 47.6 Å². The van der Waals surface area contributed by atoms with E-state index in [9.17, 15) is 0 Å². The summed E-state index contributed by atoms with van der Waals surface area (Å²) >= 11 is 3.76. The molecule has 62 heavy (non-hydrogen) atoms. The van der Waals surface area contributed by atoms with Crippen LogP contribution in [0, 0.1) is 0 Å². The van der Waals surface area contributed by atoms with E-state index in [1.54, 1.807) is 0 Å². The molecule has 0 bridgehead atoms. The third kappa shape index (κ3) is 5.58. The lowest BCUT2D eigenvalue weighted by Crippen LogP contribution is -2.28. The van der Waals surface area contributed by atoms with Crippen molar-refractivity contribution in [1.29, 1.82) is 0 Å². The maximum Gasteiger partial charge on any atom is 0.0505 e. The standard InChI is InChI=1S/C59H43NS2/c1-38-16-6-5-15-35-59(50-33-34-55-57(56(38)50)62-54-24-14-13-23-53(54)61-55)49-22-12-10-20-45(49)47-32-30-43(37-52(47)59)60(41-27-25-40(26-28-41)39-17-7-4-8-18-39)42-29-31-46-44-19-9-11-21-48(44)58(2,3)51(46)36-42/h4-34,36-37H,1,35H2,2-3H3/b15-5-,16-6-. The summed E-state index contributed by atoms with van der Waals surface area (Å²) in [4.78, 5) is 7.67. The monoisotopic (exact) mass is 829 g/mol. The first kappa shape index (κ1) is 37.3. The highest BCUT2D eigenvalue weighted by atomic mass is 32.2. The van der Waals surface area contributed by atoms with Crippen LogP contribution < -0.4 is 4.90 Å². The van der Waals surface area contributed by atoms with Crippen LogP contribution in [0.1, 0.15) is 53.6 Å². The molecule has 0 saturated heterocycles. The molecule has 4 aliphatic rings. The van der Waals surface area contributed by atoms with E-state index in [0.717, 1.165) is 29.1 Å². The summed E-state index contributed by atoms with van der Waals surface area (Å²) in [5.41, 5.74) is 19.5. The molecular weight excluding hydrogens is 787 g/mol. The minimum Gasteiger partial charge on any atom is -0.310 e. The minimum absolute atomic E-state index is 0.131. The predicted octanol–water partition coefficient (Wildman–Crippen LogP) is 16.6. The molecule has 12 rings (SSSR count). The zero-order valence-corrected chi connectivity index (χ0v) is 36.4. The van der Waals surface area contributed by atoms with E-state index >= 15 is 0 Å². The van der Waals surface area contributed by atoms with Gasteiger partial charge in [-0.15, -0.1) is 0 Å². The molecule has 3 aliphatic carbocycles. The third-order valence-corrected chi connectivity index (χ3v) is 16.2. The summed E-state index contributed by atoms with van der Waals surface area (Å²) in [6.45, 7) is 9.53. The summed E-state index contributed by atoms with van der Waals surface area (Å²) < 4.78 is 0. The number of anilines is 3. The average molecular weight is 830 g/mol. The van der Waals surface area contributed by atoms with Gasteiger partial charge in [0.05, 0.1) is 5.41 Å². The van der Waals surface area contributed by atoms with Gasteiger partial charge in [-0.2, -0.15) is 0 Å². The molecule has 8 aromatic carbocycles. The second-order valence-electron chi connectivity index (χ2n) is 17.3. The summed E-state index contributed by atoms with van der Waals surface area (Å²) in [5.74, 6) is 0. The van der Waals surface area contributed by atoms with Crippen LogP contribution in [-0.4, -0.2) is 0 Å². The van der Waals surface area contributed by atoms with Crippen molar-refractivity contribution in [2.45, 2.75) is 50.7 Å². The molecule has 1 heterocycles. The van der Waals surface area contributed by atoms with Gasteiger partial charge < -0.3 is 4.90 Å². The van der Waals surface area contributed by atoms with Gasteiger partial charge in [0.1, 0.15) is 0 Å². The van der Waals surface area contributed by atoms with E-state index in [-0.39, 0.29) is 5.41 Å². The molecule has 296 valence electrons. The van der Waals surface area contributed by atoms with Gasteiger partial charge in [0.15, 0.2) is 0 Å². The molecule has 1 spiro atoms. The Labute approximate surface area is 373 Å². The maximum absolute atomic E-state index is 4.79. The second kappa shape index (κ2) is 14.3. The first-order valence-corrected chi connectivity index (χ1v) is 23.1. The average Bonchev–Trinajstić information content (AvgIpc) is 3.75. The lowest BCUT2D eigenvalue weighted by molar-refractivity contribution is 0.640. The molecule has 0 amide bonds. The smallest absolute Gasteiger partial charge is 0.0505 e. The van der Waals surface area contributed by atoms with Crippen molar-refractivity contribution in [2.24, 2.45) is 0 Å². The van der Waals surface area contributed by atoms with Crippen molar-refractivity contribution in [1.82, 2.24) is 0 Å². The second-order valence-corrected chi connectivity index (χ2v) is 19.4. The largest absolute Gasteiger partial charge is 0.310 e. The number of nitrogens with zero attached hydrogens (tertiary/aromatic N) is 1. The van der Waals surface area contributed by atoms with E-state index < -0.39 is 5.41 Å². The molecule has 0 saturated carbocycles. The first-order valence-electron chi connectivity index (χ1n) is 21.5. The zero-order valence-electron chi connectivity index (χ0n) is 34.7. The molecule has 3 heteroatoms. The Hall–Kier alpha value is -6.52. The van der Waals surface area contributed by atoms with Crippen LogP contribution in [0.5, 0.6) is 0 Å². The number of hydrogen-bond donors (Lipinski definition) is 0. The number of fused-ring (bicyclic) bond motifs is 13. The van der Waals surface area contributed by atoms with Crippen molar-refractivity contribution < 1.29 is 0 Å². The van der Waals surface area contributed by atoms with Crippen molar-refractivity contribution in [2.75, 3.05) is 4.90 Å². The van der Waals surface area contributed by atoms with Gasteiger partial charge in [0.25, 0.3) is 0 Å². The van der Waals surface area contributed by atoms with Crippen LogP contribution in [0.25, 0.3) is 39.0 Å². The molecule has 1 unspecified atom stereocenters. The van der Waals surface area contributed by atoms with E-state index in [1.807, 2.05) is 23.5 Å². The Kier molecular flexibility index (Phi) is 8.58. The molecule has 0 radical (unpaired) electrons. The fourth-order valence-corrected chi connectivity index (χ4v) is 13.1. The van der Waals surface area contributed by atoms with E-state index in [0.29, 0.717) is 0 Å². The van der Waals surface area contributed by atoms with Crippen LogP contribution in [0.4, 0.5) is 17.1 Å². The maximum atomic E-state index is 4.79.